The van der Waals surface area contributed by atoms with E-state index in [-0.39, 0.29) is 30.1 Å². The molecule has 1 aliphatic rings. The molecule has 4 rings (SSSR count). The lowest BCUT2D eigenvalue weighted by Crippen LogP contribution is -2.32. The van der Waals surface area contributed by atoms with E-state index in [1.54, 1.807) is 11.1 Å². The molecule has 0 bridgehead atoms. The van der Waals surface area contributed by atoms with Crippen molar-refractivity contribution in [2.24, 2.45) is 0 Å². The maximum absolute atomic E-state index is 13.7. The van der Waals surface area contributed by atoms with Crippen molar-refractivity contribution in [2.75, 3.05) is 6.54 Å². The number of para-hydroxylation sites is 1. The van der Waals surface area contributed by atoms with E-state index in [1.807, 2.05) is 24.3 Å². The van der Waals surface area contributed by atoms with E-state index in [1.165, 1.54) is 6.92 Å². The van der Waals surface area contributed by atoms with Gasteiger partial charge in [-0.15, -0.1) is 0 Å². The Hall–Kier alpha value is -3.36. The number of carbonyl (C=O) groups is 2. The van der Waals surface area contributed by atoms with Gasteiger partial charge in [-0.3, -0.25) is 14.6 Å². The van der Waals surface area contributed by atoms with Crippen molar-refractivity contribution in [1.82, 2.24) is 20.2 Å². The zero-order valence-corrected chi connectivity index (χ0v) is 17.5. The van der Waals surface area contributed by atoms with E-state index >= 15 is 0 Å². The molecule has 32 heavy (non-hydrogen) atoms. The molecule has 3 heterocycles. The Morgan fingerprint density at radius 1 is 1.25 bits per heavy atom. The third kappa shape index (κ3) is 4.46. The fourth-order valence-electron chi connectivity index (χ4n) is 4.22. The van der Waals surface area contributed by atoms with Crippen LogP contribution in [-0.4, -0.2) is 33.2 Å². The van der Waals surface area contributed by atoms with Crippen LogP contribution in [0.1, 0.15) is 48.2 Å². The van der Waals surface area contributed by atoms with Crippen LogP contribution in [0.15, 0.2) is 42.7 Å². The second kappa shape index (κ2) is 8.64. The fraction of sp³-hybridized carbons (Fsp3) is 0.348. The van der Waals surface area contributed by atoms with Gasteiger partial charge in [-0.05, 0) is 30.5 Å². The summed E-state index contributed by atoms with van der Waals surface area (Å²) in [5.41, 5.74) is 1.05. The topological polar surface area (TPSA) is 78.1 Å². The molecular weight excluding hydrogens is 421 g/mol. The number of fused-ring (bicyclic) bond motifs is 1. The molecule has 1 aromatic carbocycles. The number of amides is 2. The van der Waals surface area contributed by atoms with Crippen LogP contribution < -0.4 is 5.32 Å². The molecular formula is C23H23F3N4O2. The third-order valence-electron chi connectivity index (χ3n) is 5.77. The number of halogens is 3. The number of carbonyl (C=O) groups excluding carboxylic acids is 2. The summed E-state index contributed by atoms with van der Waals surface area (Å²) in [6.45, 7) is 1.46. The van der Waals surface area contributed by atoms with E-state index < -0.39 is 23.7 Å². The maximum atomic E-state index is 13.7. The number of rotatable bonds is 5. The lowest BCUT2D eigenvalue weighted by atomic mass is 10.0. The van der Waals surface area contributed by atoms with Gasteiger partial charge in [-0.25, -0.2) is 0 Å². The van der Waals surface area contributed by atoms with Crippen molar-refractivity contribution in [3.05, 3.63) is 65.1 Å². The number of alkyl halides is 3. The number of nitrogens with one attached hydrogen (secondary N) is 2. The van der Waals surface area contributed by atoms with E-state index in [2.05, 4.69) is 15.3 Å². The summed E-state index contributed by atoms with van der Waals surface area (Å²) in [5.74, 6) is -0.568. The van der Waals surface area contributed by atoms with E-state index in [9.17, 15) is 22.8 Å². The van der Waals surface area contributed by atoms with E-state index in [4.69, 9.17) is 0 Å². The van der Waals surface area contributed by atoms with Crippen LogP contribution in [0.3, 0.4) is 0 Å². The van der Waals surface area contributed by atoms with Crippen LogP contribution in [0.2, 0.25) is 0 Å². The summed E-state index contributed by atoms with van der Waals surface area (Å²) in [5, 5.41) is 3.34. The largest absolute Gasteiger partial charge is 0.416 e. The summed E-state index contributed by atoms with van der Waals surface area (Å²) in [7, 11) is 0. The Balaban J connectivity index is 1.58. The Morgan fingerprint density at radius 3 is 2.78 bits per heavy atom. The van der Waals surface area contributed by atoms with Gasteiger partial charge < -0.3 is 15.2 Å². The van der Waals surface area contributed by atoms with Crippen LogP contribution in [0, 0.1) is 0 Å². The summed E-state index contributed by atoms with van der Waals surface area (Å²) in [6, 6.07) is 8.16. The average molecular weight is 444 g/mol. The van der Waals surface area contributed by atoms with Gasteiger partial charge >= 0.3 is 6.18 Å². The highest BCUT2D eigenvalue weighted by Gasteiger charge is 2.37. The number of H-pyrrole nitrogens is 1. The smallest absolute Gasteiger partial charge is 0.361 e. The molecule has 168 valence electrons. The number of aromatic nitrogens is 2. The number of aromatic amines is 1. The second-order valence-corrected chi connectivity index (χ2v) is 7.96. The van der Waals surface area contributed by atoms with Gasteiger partial charge in [0.15, 0.2) is 0 Å². The van der Waals surface area contributed by atoms with Crippen molar-refractivity contribution in [1.29, 1.82) is 0 Å². The van der Waals surface area contributed by atoms with Crippen molar-refractivity contribution in [3.8, 4) is 0 Å². The van der Waals surface area contributed by atoms with Crippen LogP contribution in [0.4, 0.5) is 13.2 Å². The van der Waals surface area contributed by atoms with Crippen molar-refractivity contribution in [2.45, 2.75) is 44.9 Å². The van der Waals surface area contributed by atoms with Gasteiger partial charge in [-0.1, -0.05) is 18.2 Å². The molecule has 1 fully saturated rings. The molecule has 3 aromatic rings. The molecule has 1 saturated heterocycles. The average Bonchev–Trinajstić information content (AvgIpc) is 3.39. The normalized spacial score (nSPS) is 16.5. The highest BCUT2D eigenvalue weighted by Crippen LogP contribution is 2.37. The fourth-order valence-corrected chi connectivity index (χ4v) is 4.22. The van der Waals surface area contributed by atoms with Crippen LogP contribution in [0.5, 0.6) is 0 Å². The summed E-state index contributed by atoms with van der Waals surface area (Å²) >= 11 is 0. The van der Waals surface area contributed by atoms with E-state index in [0.717, 1.165) is 28.7 Å². The zero-order valence-electron chi connectivity index (χ0n) is 17.5. The van der Waals surface area contributed by atoms with Crippen LogP contribution >= 0.6 is 0 Å². The van der Waals surface area contributed by atoms with Crippen LogP contribution in [0.25, 0.3) is 10.9 Å². The first kappa shape index (κ1) is 21.9. The lowest BCUT2D eigenvalue weighted by Gasteiger charge is -2.25. The molecule has 2 aromatic heterocycles. The molecule has 0 radical (unpaired) electrons. The Labute approximate surface area is 182 Å². The zero-order chi connectivity index (χ0) is 22.9. The SMILES string of the molecule is CC(=O)NCc1cnc([C@@H]2CCCN2C(=O)Cc2c[nH]c3ccccc23)cc1C(F)(F)F. The Morgan fingerprint density at radius 2 is 2.03 bits per heavy atom. The quantitative estimate of drug-likeness (QED) is 0.621. The highest BCUT2D eigenvalue weighted by molar-refractivity contribution is 5.89. The minimum Gasteiger partial charge on any atom is -0.361 e. The van der Waals surface area contributed by atoms with Crippen molar-refractivity contribution < 1.29 is 22.8 Å². The summed E-state index contributed by atoms with van der Waals surface area (Å²) < 4.78 is 41.0. The van der Waals surface area contributed by atoms with Gasteiger partial charge in [0.2, 0.25) is 11.8 Å². The van der Waals surface area contributed by atoms with Crippen molar-refractivity contribution in [3.63, 3.8) is 0 Å². The van der Waals surface area contributed by atoms with Crippen LogP contribution in [-0.2, 0) is 28.7 Å². The second-order valence-electron chi connectivity index (χ2n) is 7.96. The number of hydrogen-bond donors (Lipinski definition) is 2. The molecule has 6 nitrogen and oxygen atoms in total. The predicted molar refractivity (Wildman–Crippen MR) is 112 cm³/mol. The number of pyridine rings is 1. The molecule has 0 unspecified atom stereocenters. The first-order valence-corrected chi connectivity index (χ1v) is 10.4. The van der Waals surface area contributed by atoms with Gasteiger partial charge in [0.05, 0.1) is 23.7 Å². The number of likely N-dealkylation sites (tertiary alicyclic amines) is 1. The van der Waals surface area contributed by atoms with Gasteiger partial charge in [-0.2, -0.15) is 13.2 Å². The molecule has 1 atom stereocenters. The van der Waals surface area contributed by atoms with Gasteiger partial charge in [0.1, 0.15) is 0 Å². The lowest BCUT2D eigenvalue weighted by molar-refractivity contribution is -0.138. The van der Waals surface area contributed by atoms with Crippen molar-refractivity contribution >= 4 is 22.7 Å². The number of benzene rings is 1. The van der Waals surface area contributed by atoms with E-state index in [0.29, 0.717) is 19.4 Å². The predicted octanol–water partition coefficient (Wildman–Crippen LogP) is 4.12. The van der Waals surface area contributed by atoms with Gasteiger partial charge in [0.25, 0.3) is 0 Å². The monoisotopic (exact) mass is 444 g/mol. The third-order valence-corrected chi connectivity index (χ3v) is 5.77. The summed E-state index contributed by atoms with van der Waals surface area (Å²) in [4.78, 5) is 33.2. The minimum atomic E-state index is -4.59. The maximum Gasteiger partial charge on any atom is 0.416 e. The molecule has 0 saturated carbocycles. The molecule has 2 amide bonds. The minimum absolute atomic E-state index is 0.105. The van der Waals surface area contributed by atoms with Gasteiger partial charge in [0, 0.05) is 48.9 Å². The standard InChI is InChI=1S/C23H23F3N4O2/c1-14(31)27-12-16-13-29-20(10-18(16)23(24,25)26)21-7-4-8-30(21)22(32)9-15-11-28-19-6-3-2-5-17(15)19/h2-3,5-6,10-11,13,21,28H,4,7-9,12H2,1H3,(H,27,31)/t21-/m0/s1. The molecule has 2 N–H and O–H groups in total. The Kier molecular flexibility index (Phi) is 5.90. The first-order valence-electron chi connectivity index (χ1n) is 10.4. The molecule has 0 spiro atoms. The first-order chi connectivity index (χ1) is 15.2. The number of hydrogen-bond acceptors (Lipinski definition) is 3. The molecule has 9 heteroatoms. The Bertz CT molecular complexity index is 1160. The highest BCUT2D eigenvalue weighted by atomic mass is 19.4. The summed E-state index contributed by atoms with van der Waals surface area (Å²) in [6.07, 6.45) is -0.245. The molecule has 1 aliphatic heterocycles. The number of nitrogens with zero attached hydrogens (tertiary/aromatic N) is 2. The molecule has 0 aliphatic carbocycles.